The van der Waals surface area contributed by atoms with E-state index in [2.05, 4.69) is 4.98 Å². The molecule has 5 nitrogen and oxygen atoms in total. The Morgan fingerprint density at radius 2 is 1.95 bits per heavy atom. The first kappa shape index (κ1) is 16.4. The predicted octanol–water partition coefficient (Wildman–Crippen LogP) is 2.29. The number of carboxylic acid groups (broad SMARTS) is 1. The van der Waals surface area contributed by atoms with Gasteiger partial charge in [-0.1, -0.05) is 27.7 Å². The zero-order valence-corrected chi connectivity index (χ0v) is 12.7. The second-order valence-corrected chi connectivity index (χ2v) is 5.87. The Morgan fingerprint density at radius 1 is 1.30 bits per heavy atom. The minimum Gasteiger partial charge on any atom is -0.478 e. The van der Waals surface area contributed by atoms with Crippen LogP contribution in [-0.2, 0) is 5.41 Å². The van der Waals surface area contributed by atoms with Crippen LogP contribution >= 0.6 is 0 Å². The third kappa shape index (κ3) is 4.20. The van der Waals surface area contributed by atoms with Gasteiger partial charge in [0.1, 0.15) is 5.82 Å². The summed E-state index contributed by atoms with van der Waals surface area (Å²) in [7, 11) is 0. The lowest BCUT2D eigenvalue weighted by Crippen LogP contribution is -2.29. The summed E-state index contributed by atoms with van der Waals surface area (Å²) < 4.78 is 0. The van der Waals surface area contributed by atoms with Crippen LogP contribution in [0.3, 0.4) is 0 Å². The number of nitrogens with zero attached hydrogens (tertiary/aromatic N) is 2. The van der Waals surface area contributed by atoms with Gasteiger partial charge in [0.25, 0.3) is 0 Å². The van der Waals surface area contributed by atoms with Crippen LogP contribution in [0.4, 0.5) is 5.82 Å². The fourth-order valence-corrected chi connectivity index (χ4v) is 1.92. The molecule has 0 aromatic carbocycles. The largest absolute Gasteiger partial charge is 0.478 e. The molecular weight excluding hydrogens is 256 g/mol. The van der Waals surface area contributed by atoms with Crippen molar-refractivity contribution >= 4 is 11.8 Å². The Morgan fingerprint density at radius 3 is 2.40 bits per heavy atom. The van der Waals surface area contributed by atoms with Crippen molar-refractivity contribution < 1.29 is 15.0 Å². The molecule has 0 saturated carbocycles. The molecule has 0 aliphatic rings. The molecule has 1 aromatic rings. The molecule has 1 rings (SSSR count). The molecule has 0 fully saturated rings. The number of aromatic carboxylic acids is 1. The van der Waals surface area contributed by atoms with Gasteiger partial charge in [0, 0.05) is 24.2 Å². The highest BCUT2D eigenvalue weighted by Crippen LogP contribution is 2.25. The first-order valence-corrected chi connectivity index (χ1v) is 6.91. The van der Waals surface area contributed by atoms with E-state index >= 15 is 0 Å². The van der Waals surface area contributed by atoms with Gasteiger partial charge in [-0.15, -0.1) is 0 Å². The van der Waals surface area contributed by atoms with E-state index in [4.69, 9.17) is 5.11 Å². The van der Waals surface area contributed by atoms with Crippen molar-refractivity contribution in [2.24, 2.45) is 0 Å². The summed E-state index contributed by atoms with van der Waals surface area (Å²) in [5.41, 5.74) is 0.752. The molecule has 0 unspecified atom stereocenters. The monoisotopic (exact) mass is 280 g/mol. The van der Waals surface area contributed by atoms with E-state index in [1.54, 1.807) is 12.1 Å². The number of hydrogen-bond acceptors (Lipinski definition) is 4. The SMILES string of the molecule is CCCN(CCO)c1cc(C(=O)O)cc(C(C)(C)C)n1. The van der Waals surface area contributed by atoms with Gasteiger partial charge in [-0.05, 0) is 18.6 Å². The molecule has 112 valence electrons. The number of aliphatic hydroxyl groups excluding tert-OH is 1. The molecule has 1 aromatic heterocycles. The number of pyridine rings is 1. The lowest BCUT2D eigenvalue weighted by molar-refractivity contribution is 0.0696. The van der Waals surface area contributed by atoms with Crippen LogP contribution in [0.5, 0.6) is 0 Å². The molecule has 20 heavy (non-hydrogen) atoms. The molecule has 0 atom stereocenters. The molecule has 0 spiro atoms. The summed E-state index contributed by atoms with van der Waals surface area (Å²) in [6.45, 7) is 9.25. The molecule has 0 aliphatic carbocycles. The molecule has 0 radical (unpaired) electrons. The summed E-state index contributed by atoms with van der Waals surface area (Å²) >= 11 is 0. The molecule has 0 amide bonds. The highest BCUT2D eigenvalue weighted by atomic mass is 16.4. The average Bonchev–Trinajstić information content (AvgIpc) is 2.37. The minimum absolute atomic E-state index is 0.0177. The van der Waals surface area contributed by atoms with Crippen LogP contribution < -0.4 is 4.90 Å². The summed E-state index contributed by atoms with van der Waals surface area (Å²) in [5.74, 6) is -0.342. The molecule has 0 aliphatic heterocycles. The summed E-state index contributed by atoms with van der Waals surface area (Å²) in [6.07, 6.45) is 0.907. The van der Waals surface area contributed by atoms with Crippen molar-refractivity contribution in [3.8, 4) is 0 Å². The molecule has 0 saturated heterocycles. The van der Waals surface area contributed by atoms with Gasteiger partial charge in [-0.2, -0.15) is 0 Å². The van der Waals surface area contributed by atoms with Crippen molar-refractivity contribution in [1.82, 2.24) is 4.98 Å². The summed E-state index contributed by atoms with van der Waals surface area (Å²) in [4.78, 5) is 17.8. The third-order valence-electron chi connectivity index (χ3n) is 3.01. The first-order chi connectivity index (χ1) is 9.29. The van der Waals surface area contributed by atoms with Gasteiger partial charge < -0.3 is 15.1 Å². The summed E-state index contributed by atoms with van der Waals surface area (Å²) in [6, 6.07) is 3.19. The Hall–Kier alpha value is -1.62. The topological polar surface area (TPSA) is 73.7 Å². The Labute approximate surface area is 120 Å². The lowest BCUT2D eigenvalue weighted by Gasteiger charge is -2.26. The van der Waals surface area contributed by atoms with Crippen LogP contribution in [0, 0.1) is 0 Å². The molecule has 1 heterocycles. The quantitative estimate of drug-likeness (QED) is 0.836. The number of aromatic nitrogens is 1. The van der Waals surface area contributed by atoms with Gasteiger partial charge >= 0.3 is 5.97 Å². The van der Waals surface area contributed by atoms with E-state index in [0.717, 1.165) is 18.7 Å². The fraction of sp³-hybridized carbons (Fsp3) is 0.600. The van der Waals surface area contributed by atoms with Crippen molar-refractivity contribution in [1.29, 1.82) is 0 Å². The van der Waals surface area contributed by atoms with Crippen molar-refractivity contribution in [3.63, 3.8) is 0 Å². The standard InChI is InChI=1S/C15H24N2O3/c1-5-6-17(7-8-18)13-10-11(14(19)20)9-12(16-13)15(2,3)4/h9-10,18H,5-8H2,1-4H3,(H,19,20). The number of aliphatic hydroxyl groups is 1. The first-order valence-electron chi connectivity index (χ1n) is 6.91. The van der Waals surface area contributed by atoms with Crippen molar-refractivity contribution in [2.45, 2.75) is 39.5 Å². The fourth-order valence-electron chi connectivity index (χ4n) is 1.92. The number of carbonyl (C=O) groups is 1. The Balaban J connectivity index is 3.29. The second-order valence-electron chi connectivity index (χ2n) is 5.87. The van der Waals surface area contributed by atoms with E-state index in [-0.39, 0.29) is 17.6 Å². The molecule has 5 heteroatoms. The number of carboxylic acids is 1. The summed E-state index contributed by atoms with van der Waals surface area (Å²) in [5, 5.41) is 18.4. The van der Waals surface area contributed by atoms with E-state index < -0.39 is 5.97 Å². The number of anilines is 1. The van der Waals surface area contributed by atoms with E-state index in [9.17, 15) is 9.90 Å². The van der Waals surface area contributed by atoms with Gasteiger partial charge in [-0.25, -0.2) is 9.78 Å². The van der Waals surface area contributed by atoms with Gasteiger partial charge in [0.15, 0.2) is 0 Å². The van der Waals surface area contributed by atoms with Crippen molar-refractivity contribution in [2.75, 3.05) is 24.6 Å². The Bertz CT molecular complexity index is 461. The van der Waals surface area contributed by atoms with Gasteiger partial charge in [0.05, 0.1) is 12.2 Å². The van der Waals surface area contributed by atoms with Gasteiger partial charge in [0.2, 0.25) is 0 Å². The van der Waals surface area contributed by atoms with Crippen LogP contribution in [0.1, 0.15) is 50.2 Å². The molecule has 2 N–H and O–H groups in total. The highest BCUT2D eigenvalue weighted by molar-refractivity contribution is 5.88. The van der Waals surface area contributed by atoms with Gasteiger partial charge in [-0.3, -0.25) is 0 Å². The average molecular weight is 280 g/mol. The zero-order chi connectivity index (χ0) is 15.3. The highest BCUT2D eigenvalue weighted by Gasteiger charge is 2.20. The van der Waals surface area contributed by atoms with E-state index in [1.807, 2.05) is 32.6 Å². The van der Waals surface area contributed by atoms with Crippen LogP contribution in [0.25, 0.3) is 0 Å². The smallest absolute Gasteiger partial charge is 0.335 e. The van der Waals surface area contributed by atoms with Crippen molar-refractivity contribution in [3.05, 3.63) is 23.4 Å². The van der Waals surface area contributed by atoms with Crippen LogP contribution in [-0.4, -0.2) is 40.9 Å². The zero-order valence-electron chi connectivity index (χ0n) is 12.7. The molecule has 0 bridgehead atoms. The third-order valence-corrected chi connectivity index (χ3v) is 3.01. The second kappa shape index (κ2) is 6.70. The maximum atomic E-state index is 11.3. The molecular formula is C15H24N2O3. The normalized spacial score (nSPS) is 11.4. The lowest BCUT2D eigenvalue weighted by atomic mass is 9.90. The maximum Gasteiger partial charge on any atom is 0.335 e. The minimum atomic E-state index is -0.959. The number of rotatable bonds is 6. The Kier molecular flexibility index (Phi) is 5.51. The predicted molar refractivity (Wildman–Crippen MR) is 79.5 cm³/mol. The van der Waals surface area contributed by atoms with Crippen LogP contribution in [0.15, 0.2) is 12.1 Å². The van der Waals surface area contributed by atoms with E-state index in [1.165, 1.54) is 0 Å². The maximum absolute atomic E-state index is 11.3. The van der Waals surface area contributed by atoms with E-state index in [0.29, 0.717) is 12.4 Å². The number of hydrogen-bond donors (Lipinski definition) is 2. The van der Waals surface area contributed by atoms with Crippen LogP contribution in [0.2, 0.25) is 0 Å².